The van der Waals surface area contributed by atoms with Gasteiger partial charge in [-0.1, -0.05) is 12.1 Å². The molecule has 0 N–H and O–H groups in total. The first-order valence-corrected chi connectivity index (χ1v) is 6.77. The average molecular weight is 329 g/mol. The normalized spacial score (nSPS) is 14.8. The fourth-order valence-corrected chi connectivity index (χ4v) is 3.30. The van der Waals surface area contributed by atoms with Gasteiger partial charge in [0.15, 0.2) is 6.29 Å². The Labute approximate surface area is 103 Å². The van der Waals surface area contributed by atoms with Crippen LogP contribution in [0.2, 0.25) is 0 Å². The number of carbonyl (C=O) groups is 1. The molecule has 0 aromatic heterocycles. The van der Waals surface area contributed by atoms with Gasteiger partial charge in [0.05, 0.1) is 0 Å². The van der Waals surface area contributed by atoms with Crippen LogP contribution in [0.1, 0.15) is 5.56 Å². The van der Waals surface area contributed by atoms with Gasteiger partial charge in [-0.3, -0.25) is 4.79 Å². The van der Waals surface area contributed by atoms with E-state index in [-0.39, 0.29) is 5.82 Å². The van der Waals surface area contributed by atoms with E-state index in [1.165, 1.54) is 12.1 Å². The van der Waals surface area contributed by atoms with Crippen molar-refractivity contribution in [2.45, 2.75) is 6.42 Å². The lowest BCUT2D eigenvalue weighted by atomic mass is 10.1. The molecule has 1 aliphatic heterocycles. The number of benzene rings is 1. The SMILES string of the molecule is O=CC1=CN=IC(Cc2cccc(F)c2)=C1. The highest BCUT2D eigenvalue weighted by molar-refractivity contribution is 14.2. The molecule has 1 aromatic carbocycles. The molecule has 0 amide bonds. The number of hydrogen-bond donors (Lipinski definition) is 0. The zero-order chi connectivity index (χ0) is 11.4. The topological polar surface area (TPSA) is 29.4 Å². The van der Waals surface area contributed by atoms with E-state index in [4.69, 9.17) is 0 Å². The highest BCUT2D eigenvalue weighted by Crippen LogP contribution is 2.27. The Morgan fingerprint density at radius 3 is 3.06 bits per heavy atom. The van der Waals surface area contributed by atoms with Crippen LogP contribution in [0.4, 0.5) is 4.39 Å². The summed E-state index contributed by atoms with van der Waals surface area (Å²) >= 11 is -0.392. The van der Waals surface area contributed by atoms with Crippen LogP contribution in [0, 0.1) is 5.82 Å². The zero-order valence-electron chi connectivity index (χ0n) is 8.36. The van der Waals surface area contributed by atoms with Crippen LogP contribution in [0.3, 0.4) is 0 Å². The first-order chi connectivity index (χ1) is 7.78. The lowest BCUT2D eigenvalue weighted by Crippen LogP contribution is -1.90. The Kier molecular flexibility index (Phi) is 3.71. The Balaban J connectivity index is 2.17. The van der Waals surface area contributed by atoms with Crippen molar-refractivity contribution in [2.75, 3.05) is 0 Å². The van der Waals surface area contributed by atoms with Crippen molar-refractivity contribution in [3.05, 3.63) is 57.1 Å². The van der Waals surface area contributed by atoms with Crippen LogP contribution in [0.15, 0.2) is 48.8 Å². The van der Waals surface area contributed by atoms with Crippen molar-refractivity contribution in [1.82, 2.24) is 0 Å². The average Bonchev–Trinajstić information content (AvgIpc) is 2.29. The molecule has 0 fully saturated rings. The molecule has 82 valence electrons. The maximum atomic E-state index is 13.0. The summed E-state index contributed by atoms with van der Waals surface area (Å²) in [7, 11) is 0. The fraction of sp³-hybridized carbons (Fsp3) is 0.0833. The second-order valence-electron chi connectivity index (χ2n) is 3.33. The van der Waals surface area contributed by atoms with Crippen LogP contribution in [0.5, 0.6) is 0 Å². The molecule has 1 aromatic rings. The highest BCUT2D eigenvalue weighted by atomic mass is 127. The molecule has 0 saturated carbocycles. The summed E-state index contributed by atoms with van der Waals surface area (Å²) in [6, 6.07) is 6.52. The number of rotatable bonds is 3. The Hall–Kier alpha value is -1.17. The first kappa shape index (κ1) is 11.3. The van der Waals surface area contributed by atoms with Gasteiger partial charge < -0.3 is 0 Å². The maximum Gasteiger partial charge on any atom is 0.151 e. The summed E-state index contributed by atoms with van der Waals surface area (Å²) in [5.74, 6) is -0.227. The number of halogens is 2. The molecule has 16 heavy (non-hydrogen) atoms. The third kappa shape index (κ3) is 2.91. The van der Waals surface area contributed by atoms with E-state index in [9.17, 15) is 9.18 Å². The van der Waals surface area contributed by atoms with Gasteiger partial charge >= 0.3 is 0 Å². The van der Waals surface area contributed by atoms with Crippen LogP contribution < -0.4 is 0 Å². The molecule has 0 saturated heterocycles. The van der Waals surface area contributed by atoms with Crippen molar-refractivity contribution >= 4 is 27.3 Å². The summed E-state index contributed by atoms with van der Waals surface area (Å²) in [6.07, 6.45) is 4.94. The molecule has 0 atom stereocenters. The third-order valence-electron chi connectivity index (χ3n) is 2.08. The first-order valence-electron chi connectivity index (χ1n) is 4.72. The minimum Gasteiger partial charge on any atom is -0.298 e. The number of allylic oxidation sites excluding steroid dienone is 3. The fourth-order valence-electron chi connectivity index (χ4n) is 1.37. The third-order valence-corrected chi connectivity index (χ3v) is 3.95. The summed E-state index contributed by atoms with van der Waals surface area (Å²) in [4.78, 5) is 10.6. The van der Waals surface area contributed by atoms with Crippen molar-refractivity contribution in [2.24, 2.45) is 3.15 Å². The standard InChI is InChI=1S/C12H9FINO/c13-11-3-1-2-9(4-11)5-12-6-10(8-16)7-15-14-12/h1-4,6-8H,5H2. The molecule has 0 radical (unpaired) electrons. The van der Waals surface area contributed by atoms with E-state index in [1.54, 1.807) is 12.3 Å². The van der Waals surface area contributed by atoms with Crippen molar-refractivity contribution < 1.29 is 9.18 Å². The monoisotopic (exact) mass is 329 g/mol. The molecular weight excluding hydrogens is 320 g/mol. The van der Waals surface area contributed by atoms with Gasteiger partial charge in [0, 0.05) is 42.8 Å². The maximum absolute atomic E-state index is 13.0. The smallest absolute Gasteiger partial charge is 0.151 e. The van der Waals surface area contributed by atoms with Crippen LogP contribution >= 0.6 is 21.0 Å². The molecule has 0 spiro atoms. The molecule has 0 unspecified atom stereocenters. The summed E-state index contributed by atoms with van der Waals surface area (Å²) in [5.41, 5.74) is 1.52. The van der Waals surface area contributed by atoms with Gasteiger partial charge in [-0.05, 0) is 23.8 Å². The lowest BCUT2D eigenvalue weighted by Gasteiger charge is -2.04. The van der Waals surface area contributed by atoms with Crippen molar-refractivity contribution in [3.8, 4) is 0 Å². The largest absolute Gasteiger partial charge is 0.298 e. The van der Waals surface area contributed by atoms with Gasteiger partial charge in [-0.2, -0.15) is 0 Å². The van der Waals surface area contributed by atoms with Crippen LogP contribution in [-0.2, 0) is 11.2 Å². The van der Waals surface area contributed by atoms with Gasteiger partial charge in [0.25, 0.3) is 0 Å². The molecule has 1 heterocycles. The van der Waals surface area contributed by atoms with Gasteiger partial charge in [-0.15, -0.1) is 0 Å². The Bertz CT molecular complexity index is 505. The number of carbonyl (C=O) groups excluding carboxylic acids is 1. The summed E-state index contributed by atoms with van der Waals surface area (Å²) < 4.78 is 18.3. The molecular formula is C12H9FINO. The van der Waals surface area contributed by atoms with E-state index >= 15 is 0 Å². The van der Waals surface area contributed by atoms with Crippen LogP contribution in [-0.4, -0.2) is 6.29 Å². The summed E-state index contributed by atoms with van der Waals surface area (Å²) in [5, 5.41) is 0. The quantitative estimate of drug-likeness (QED) is 0.616. The summed E-state index contributed by atoms with van der Waals surface area (Å²) in [6.45, 7) is 0. The van der Waals surface area contributed by atoms with Gasteiger partial charge in [0.2, 0.25) is 0 Å². The predicted molar refractivity (Wildman–Crippen MR) is 68.8 cm³/mol. The highest BCUT2D eigenvalue weighted by Gasteiger charge is 2.04. The van der Waals surface area contributed by atoms with Crippen molar-refractivity contribution in [3.63, 3.8) is 0 Å². The predicted octanol–water partition coefficient (Wildman–Crippen LogP) is 3.50. The zero-order valence-corrected chi connectivity index (χ0v) is 10.5. The molecule has 0 bridgehead atoms. The van der Waals surface area contributed by atoms with Gasteiger partial charge in [0.1, 0.15) is 5.82 Å². The second-order valence-corrected chi connectivity index (χ2v) is 5.75. The molecule has 1 aliphatic rings. The van der Waals surface area contributed by atoms with Gasteiger partial charge in [-0.25, -0.2) is 7.54 Å². The number of nitrogens with zero attached hydrogens (tertiary/aromatic N) is 1. The number of hydrogen-bond acceptors (Lipinski definition) is 2. The number of aldehydes is 1. The van der Waals surface area contributed by atoms with E-state index in [0.29, 0.717) is 12.0 Å². The molecule has 2 rings (SSSR count). The van der Waals surface area contributed by atoms with E-state index in [1.807, 2.05) is 12.1 Å². The molecule has 4 heteroatoms. The Morgan fingerprint density at radius 2 is 2.31 bits per heavy atom. The Morgan fingerprint density at radius 1 is 1.44 bits per heavy atom. The minimum absolute atomic E-state index is 0.227. The minimum atomic E-state index is -0.392. The van der Waals surface area contributed by atoms with Crippen LogP contribution in [0.25, 0.3) is 0 Å². The second kappa shape index (κ2) is 5.25. The van der Waals surface area contributed by atoms with E-state index in [2.05, 4.69) is 3.15 Å². The lowest BCUT2D eigenvalue weighted by molar-refractivity contribution is -0.104. The van der Waals surface area contributed by atoms with Crippen molar-refractivity contribution in [1.29, 1.82) is 0 Å². The molecule has 2 nitrogen and oxygen atoms in total. The van der Waals surface area contributed by atoms with E-state index in [0.717, 1.165) is 15.4 Å². The van der Waals surface area contributed by atoms with E-state index < -0.39 is 21.0 Å². The molecule has 0 aliphatic carbocycles.